The smallest absolute Gasteiger partial charge is 0.225 e. The lowest BCUT2D eigenvalue weighted by Gasteiger charge is -2.14. The standard InChI is InChI=1S/C10H13N3O2/c1-7-3-12-8(4-11-7)5-13-6-9(14)2-10(13)15/h3-4,9,14H,2,5-6H2,1H3. The van der Waals surface area contributed by atoms with Gasteiger partial charge in [0.05, 0.1) is 36.7 Å². The average molecular weight is 207 g/mol. The highest BCUT2D eigenvalue weighted by Gasteiger charge is 2.27. The highest BCUT2D eigenvalue weighted by atomic mass is 16.3. The largest absolute Gasteiger partial charge is 0.391 e. The third-order valence-electron chi connectivity index (χ3n) is 2.38. The monoisotopic (exact) mass is 207 g/mol. The van der Waals surface area contributed by atoms with E-state index in [4.69, 9.17) is 0 Å². The van der Waals surface area contributed by atoms with Gasteiger partial charge in [-0.3, -0.25) is 14.8 Å². The van der Waals surface area contributed by atoms with Crippen LogP contribution in [0, 0.1) is 6.92 Å². The summed E-state index contributed by atoms with van der Waals surface area (Å²) in [5, 5.41) is 9.29. The summed E-state index contributed by atoms with van der Waals surface area (Å²) in [6.07, 6.45) is 3.02. The van der Waals surface area contributed by atoms with Crippen LogP contribution in [-0.2, 0) is 11.3 Å². The van der Waals surface area contributed by atoms with Gasteiger partial charge in [0.2, 0.25) is 5.91 Å². The summed E-state index contributed by atoms with van der Waals surface area (Å²) in [6, 6.07) is 0. The molecular formula is C10H13N3O2. The molecular weight excluding hydrogens is 194 g/mol. The zero-order chi connectivity index (χ0) is 10.8. The third kappa shape index (κ3) is 2.30. The van der Waals surface area contributed by atoms with Crippen molar-refractivity contribution >= 4 is 5.91 Å². The molecule has 0 aromatic carbocycles. The molecule has 1 aliphatic heterocycles. The quantitative estimate of drug-likeness (QED) is 0.734. The molecule has 1 aromatic rings. The second-order valence-corrected chi connectivity index (χ2v) is 3.78. The first kappa shape index (κ1) is 10.0. The number of rotatable bonds is 2. The number of carbonyl (C=O) groups is 1. The van der Waals surface area contributed by atoms with E-state index in [0.29, 0.717) is 13.1 Å². The Morgan fingerprint density at radius 2 is 2.33 bits per heavy atom. The number of aliphatic hydroxyl groups is 1. The van der Waals surface area contributed by atoms with E-state index < -0.39 is 6.10 Å². The number of nitrogens with zero attached hydrogens (tertiary/aromatic N) is 3. The van der Waals surface area contributed by atoms with Crippen molar-refractivity contribution in [3.63, 3.8) is 0 Å². The van der Waals surface area contributed by atoms with Crippen LogP contribution < -0.4 is 0 Å². The van der Waals surface area contributed by atoms with Gasteiger partial charge in [0.15, 0.2) is 0 Å². The molecule has 1 fully saturated rings. The van der Waals surface area contributed by atoms with Gasteiger partial charge in [-0.2, -0.15) is 0 Å². The molecule has 2 rings (SSSR count). The minimum absolute atomic E-state index is 0.0233. The molecule has 80 valence electrons. The van der Waals surface area contributed by atoms with Crippen molar-refractivity contribution in [1.82, 2.24) is 14.9 Å². The molecule has 1 atom stereocenters. The van der Waals surface area contributed by atoms with Crippen LogP contribution in [0.1, 0.15) is 17.8 Å². The summed E-state index contributed by atoms with van der Waals surface area (Å²) >= 11 is 0. The highest BCUT2D eigenvalue weighted by Crippen LogP contribution is 2.13. The Balaban J connectivity index is 2.03. The number of aliphatic hydroxyl groups excluding tert-OH is 1. The van der Waals surface area contributed by atoms with Gasteiger partial charge in [-0.15, -0.1) is 0 Å². The van der Waals surface area contributed by atoms with Crippen LogP contribution in [-0.4, -0.2) is 38.5 Å². The summed E-state index contributed by atoms with van der Waals surface area (Å²) in [5.74, 6) is -0.0233. The topological polar surface area (TPSA) is 66.3 Å². The molecule has 0 aliphatic carbocycles. The van der Waals surface area contributed by atoms with Gasteiger partial charge in [0.25, 0.3) is 0 Å². The second kappa shape index (κ2) is 3.94. The number of aryl methyl sites for hydroxylation is 1. The molecule has 5 nitrogen and oxygen atoms in total. The molecule has 1 unspecified atom stereocenters. The molecule has 2 heterocycles. The van der Waals surface area contributed by atoms with E-state index in [2.05, 4.69) is 9.97 Å². The molecule has 1 aromatic heterocycles. The predicted octanol–water partition coefficient (Wildman–Crippen LogP) is -0.122. The van der Waals surface area contributed by atoms with Crippen molar-refractivity contribution in [3.8, 4) is 0 Å². The number of likely N-dealkylation sites (tertiary alicyclic amines) is 1. The molecule has 0 spiro atoms. The van der Waals surface area contributed by atoms with Gasteiger partial charge in [-0.1, -0.05) is 0 Å². The lowest BCUT2D eigenvalue weighted by atomic mass is 10.3. The van der Waals surface area contributed by atoms with E-state index in [0.717, 1.165) is 11.4 Å². The van der Waals surface area contributed by atoms with Crippen molar-refractivity contribution in [2.75, 3.05) is 6.54 Å². The van der Waals surface area contributed by atoms with Crippen LogP contribution >= 0.6 is 0 Å². The van der Waals surface area contributed by atoms with Crippen LogP contribution in [0.2, 0.25) is 0 Å². The third-order valence-corrected chi connectivity index (χ3v) is 2.38. The van der Waals surface area contributed by atoms with E-state index in [1.165, 1.54) is 0 Å². The Kier molecular flexibility index (Phi) is 2.64. The van der Waals surface area contributed by atoms with Gasteiger partial charge in [0, 0.05) is 12.7 Å². The fraction of sp³-hybridized carbons (Fsp3) is 0.500. The predicted molar refractivity (Wildman–Crippen MR) is 52.8 cm³/mol. The van der Waals surface area contributed by atoms with Crippen LogP contribution in [0.4, 0.5) is 0 Å². The summed E-state index contributed by atoms with van der Waals surface area (Å²) in [7, 11) is 0. The molecule has 1 N–H and O–H groups in total. The minimum atomic E-state index is -0.532. The summed E-state index contributed by atoms with van der Waals surface area (Å²) in [5.41, 5.74) is 1.61. The van der Waals surface area contributed by atoms with E-state index in [-0.39, 0.29) is 12.3 Å². The molecule has 1 saturated heterocycles. The minimum Gasteiger partial charge on any atom is -0.391 e. The summed E-state index contributed by atoms with van der Waals surface area (Å²) < 4.78 is 0. The Morgan fingerprint density at radius 3 is 2.87 bits per heavy atom. The fourth-order valence-electron chi connectivity index (χ4n) is 1.60. The molecule has 1 amide bonds. The number of hydrogen-bond donors (Lipinski definition) is 1. The van der Waals surface area contributed by atoms with Crippen LogP contribution in [0.15, 0.2) is 12.4 Å². The number of β-amino-alcohol motifs (C(OH)–C–C–N with tert-alkyl or cyclic N) is 1. The first-order valence-corrected chi connectivity index (χ1v) is 4.88. The maximum Gasteiger partial charge on any atom is 0.225 e. The van der Waals surface area contributed by atoms with Gasteiger partial charge in [-0.05, 0) is 6.92 Å². The normalized spacial score (nSPS) is 21.1. The molecule has 0 bridgehead atoms. The lowest BCUT2D eigenvalue weighted by molar-refractivity contribution is -0.128. The van der Waals surface area contributed by atoms with Crippen molar-refractivity contribution in [3.05, 3.63) is 23.8 Å². The van der Waals surface area contributed by atoms with Crippen molar-refractivity contribution < 1.29 is 9.90 Å². The van der Waals surface area contributed by atoms with E-state index in [1.807, 2.05) is 6.92 Å². The average Bonchev–Trinajstić information content (AvgIpc) is 2.49. The lowest BCUT2D eigenvalue weighted by Crippen LogP contribution is -2.25. The first-order chi connectivity index (χ1) is 7.15. The molecule has 0 saturated carbocycles. The van der Waals surface area contributed by atoms with Gasteiger partial charge in [0.1, 0.15) is 0 Å². The van der Waals surface area contributed by atoms with Gasteiger partial charge >= 0.3 is 0 Å². The highest BCUT2D eigenvalue weighted by molar-refractivity contribution is 5.78. The van der Waals surface area contributed by atoms with Crippen molar-refractivity contribution in [1.29, 1.82) is 0 Å². The zero-order valence-electron chi connectivity index (χ0n) is 8.55. The number of aromatic nitrogens is 2. The number of carbonyl (C=O) groups excluding carboxylic acids is 1. The summed E-state index contributed by atoms with van der Waals surface area (Å²) in [6.45, 7) is 2.69. The molecule has 15 heavy (non-hydrogen) atoms. The van der Waals surface area contributed by atoms with E-state index in [1.54, 1.807) is 17.3 Å². The maximum absolute atomic E-state index is 11.4. The number of hydrogen-bond acceptors (Lipinski definition) is 4. The Labute approximate surface area is 87.8 Å². The fourth-order valence-corrected chi connectivity index (χ4v) is 1.60. The Hall–Kier alpha value is -1.49. The first-order valence-electron chi connectivity index (χ1n) is 4.88. The molecule has 0 radical (unpaired) electrons. The maximum atomic E-state index is 11.4. The van der Waals surface area contributed by atoms with Crippen LogP contribution in [0.5, 0.6) is 0 Å². The zero-order valence-corrected chi connectivity index (χ0v) is 8.55. The van der Waals surface area contributed by atoms with Crippen LogP contribution in [0.3, 0.4) is 0 Å². The second-order valence-electron chi connectivity index (χ2n) is 3.78. The molecule has 5 heteroatoms. The van der Waals surface area contributed by atoms with Crippen molar-refractivity contribution in [2.45, 2.75) is 26.0 Å². The summed E-state index contributed by atoms with van der Waals surface area (Å²) in [4.78, 5) is 21.2. The number of amides is 1. The van der Waals surface area contributed by atoms with Crippen molar-refractivity contribution in [2.24, 2.45) is 0 Å². The Morgan fingerprint density at radius 1 is 1.53 bits per heavy atom. The Bertz CT molecular complexity index is 363. The van der Waals surface area contributed by atoms with E-state index in [9.17, 15) is 9.90 Å². The van der Waals surface area contributed by atoms with Crippen LogP contribution in [0.25, 0.3) is 0 Å². The van der Waals surface area contributed by atoms with Gasteiger partial charge < -0.3 is 10.0 Å². The SMILES string of the molecule is Cc1cnc(CN2CC(O)CC2=O)cn1. The van der Waals surface area contributed by atoms with E-state index >= 15 is 0 Å². The molecule has 1 aliphatic rings. The van der Waals surface area contributed by atoms with Gasteiger partial charge in [-0.25, -0.2) is 0 Å².